The maximum atomic E-state index is 14.2. The number of hydrogen-bond acceptors (Lipinski definition) is 2. The molecule has 6 heteroatoms. The van der Waals surface area contributed by atoms with Crippen LogP contribution in [0.25, 0.3) is 5.69 Å². The Hall–Kier alpha value is -3.83. The van der Waals surface area contributed by atoms with Crippen LogP contribution in [0, 0.1) is 0 Å². The highest BCUT2D eigenvalue weighted by molar-refractivity contribution is 6.30. The Kier molecular flexibility index (Phi) is 7.94. The molecule has 1 aromatic heterocycles. The Morgan fingerprint density at radius 2 is 1.58 bits per heavy atom. The highest BCUT2D eigenvalue weighted by Crippen LogP contribution is 2.42. The molecule has 0 saturated carbocycles. The number of fused-ring (bicyclic) bond motifs is 3. The Morgan fingerprint density at radius 1 is 0.868 bits per heavy atom. The smallest absolute Gasteiger partial charge is 0.247 e. The van der Waals surface area contributed by atoms with Crippen LogP contribution in [-0.4, -0.2) is 34.4 Å². The minimum Gasteiger partial charge on any atom is -0.333 e. The summed E-state index contributed by atoms with van der Waals surface area (Å²) >= 11 is 6.21. The summed E-state index contributed by atoms with van der Waals surface area (Å²) in [6.07, 6.45) is 4.86. The number of amides is 2. The van der Waals surface area contributed by atoms with E-state index < -0.39 is 0 Å². The molecule has 0 radical (unpaired) electrons. The van der Waals surface area contributed by atoms with Crippen molar-refractivity contribution in [3.05, 3.63) is 119 Å². The zero-order valence-corrected chi connectivity index (χ0v) is 22.3. The lowest BCUT2D eigenvalue weighted by atomic mass is 9.97. The third kappa shape index (κ3) is 5.39. The number of aryl methyl sites for hydroxylation is 1. The van der Waals surface area contributed by atoms with Crippen molar-refractivity contribution in [2.24, 2.45) is 0 Å². The van der Waals surface area contributed by atoms with E-state index in [1.165, 1.54) is 0 Å². The van der Waals surface area contributed by atoms with Gasteiger partial charge in [-0.1, -0.05) is 79.5 Å². The fourth-order valence-electron chi connectivity index (χ4n) is 5.16. The highest BCUT2D eigenvalue weighted by Gasteiger charge is 2.36. The normalized spacial score (nSPS) is 14.1. The molecule has 1 aliphatic rings. The molecule has 0 bridgehead atoms. The zero-order valence-electron chi connectivity index (χ0n) is 21.6. The Bertz CT molecular complexity index is 1400. The summed E-state index contributed by atoms with van der Waals surface area (Å²) in [5.41, 5.74) is 4.86. The lowest BCUT2D eigenvalue weighted by Crippen LogP contribution is -2.47. The predicted octanol–water partition coefficient (Wildman–Crippen LogP) is 6.83. The number of nitrogens with zero attached hydrogens (tertiary/aromatic N) is 3. The molecule has 0 fully saturated rings. The van der Waals surface area contributed by atoms with E-state index in [0.29, 0.717) is 24.4 Å². The van der Waals surface area contributed by atoms with Crippen LogP contribution in [0.3, 0.4) is 0 Å². The topological polar surface area (TPSA) is 45.6 Å². The number of carbonyl (C=O) groups is 2. The van der Waals surface area contributed by atoms with Gasteiger partial charge in [0.25, 0.3) is 0 Å². The number of halogens is 1. The fraction of sp³-hybridized carbons (Fsp3) is 0.250. The molecule has 38 heavy (non-hydrogen) atoms. The first-order valence-electron chi connectivity index (χ1n) is 13.2. The predicted molar refractivity (Wildman–Crippen MR) is 153 cm³/mol. The molecule has 5 nitrogen and oxygen atoms in total. The van der Waals surface area contributed by atoms with E-state index in [-0.39, 0.29) is 24.4 Å². The van der Waals surface area contributed by atoms with Gasteiger partial charge >= 0.3 is 0 Å². The summed E-state index contributed by atoms with van der Waals surface area (Å²) < 4.78 is 2.14. The molecule has 1 atom stereocenters. The quantitative estimate of drug-likeness (QED) is 0.240. The second-order valence-corrected chi connectivity index (χ2v) is 10.1. The minimum atomic E-state index is -0.336. The average molecular weight is 526 g/mol. The van der Waals surface area contributed by atoms with Crippen molar-refractivity contribution in [3.8, 4) is 5.69 Å². The zero-order chi connectivity index (χ0) is 26.5. The lowest BCUT2D eigenvalue weighted by Gasteiger charge is -2.39. The lowest BCUT2D eigenvalue weighted by molar-refractivity contribution is -0.135. The van der Waals surface area contributed by atoms with Crippen molar-refractivity contribution < 1.29 is 9.59 Å². The van der Waals surface area contributed by atoms with Gasteiger partial charge in [0, 0.05) is 24.2 Å². The number of anilines is 1. The van der Waals surface area contributed by atoms with E-state index >= 15 is 0 Å². The number of aromatic nitrogens is 1. The van der Waals surface area contributed by atoms with Gasteiger partial charge in [-0.15, -0.1) is 0 Å². The van der Waals surface area contributed by atoms with Gasteiger partial charge in [-0.3, -0.25) is 14.5 Å². The van der Waals surface area contributed by atoms with E-state index in [4.69, 9.17) is 11.6 Å². The maximum Gasteiger partial charge on any atom is 0.247 e. The molecule has 3 aromatic carbocycles. The first kappa shape index (κ1) is 25.8. The standard InChI is InChI=1S/C32H32ClN3O2/c1-2-3-21-34(30(37)20-15-24-10-5-4-6-11-24)23-31(38)36-28-13-8-7-12-27(28)35-22-9-14-29(35)32(36)25-16-18-26(33)19-17-25/h4-14,16-19,22,32H,2-3,15,20-21,23H2,1H3. The van der Waals surface area contributed by atoms with Crippen LogP contribution in [0.4, 0.5) is 5.69 Å². The third-order valence-corrected chi connectivity index (χ3v) is 7.36. The molecule has 2 amide bonds. The molecule has 0 N–H and O–H groups in total. The van der Waals surface area contributed by atoms with Crippen LogP contribution < -0.4 is 4.90 Å². The van der Waals surface area contributed by atoms with Crippen molar-refractivity contribution in [1.29, 1.82) is 0 Å². The van der Waals surface area contributed by atoms with Gasteiger partial charge in [0.05, 0.1) is 17.1 Å². The van der Waals surface area contributed by atoms with Crippen molar-refractivity contribution in [1.82, 2.24) is 9.47 Å². The Morgan fingerprint density at radius 3 is 2.32 bits per heavy atom. The van der Waals surface area contributed by atoms with Crippen LogP contribution >= 0.6 is 11.6 Å². The molecular formula is C32H32ClN3O2. The van der Waals surface area contributed by atoms with E-state index in [9.17, 15) is 9.59 Å². The van der Waals surface area contributed by atoms with E-state index in [1.807, 2.05) is 96.0 Å². The Balaban J connectivity index is 1.46. The molecule has 5 rings (SSSR count). The monoisotopic (exact) mass is 525 g/mol. The van der Waals surface area contributed by atoms with Gasteiger partial charge in [-0.2, -0.15) is 0 Å². The SMILES string of the molecule is CCCCN(CC(=O)N1c2ccccc2-n2cccc2C1c1ccc(Cl)cc1)C(=O)CCc1ccccc1. The van der Waals surface area contributed by atoms with Gasteiger partial charge in [-0.25, -0.2) is 0 Å². The van der Waals surface area contributed by atoms with Crippen LogP contribution in [0.2, 0.25) is 5.02 Å². The molecule has 1 unspecified atom stereocenters. The second-order valence-electron chi connectivity index (χ2n) is 9.66. The van der Waals surface area contributed by atoms with Crippen molar-refractivity contribution in [3.63, 3.8) is 0 Å². The van der Waals surface area contributed by atoms with E-state index in [2.05, 4.69) is 17.6 Å². The number of rotatable bonds is 9. The van der Waals surface area contributed by atoms with E-state index in [0.717, 1.165) is 41.0 Å². The summed E-state index contributed by atoms with van der Waals surface area (Å²) in [7, 11) is 0. The molecule has 2 heterocycles. The molecule has 0 saturated heterocycles. The first-order valence-corrected chi connectivity index (χ1v) is 13.6. The number of unbranched alkanes of at least 4 members (excludes halogenated alkanes) is 1. The maximum absolute atomic E-state index is 14.2. The summed E-state index contributed by atoms with van der Waals surface area (Å²) in [4.78, 5) is 31.2. The van der Waals surface area contributed by atoms with Crippen molar-refractivity contribution >= 4 is 29.1 Å². The number of para-hydroxylation sites is 2. The van der Waals surface area contributed by atoms with Gasteiger partial charge in [0.1, 0.15) is 12.6 Å². The van der Waals surface area contributed by atoms with Crippen LogP contribution in [0.15, 0.2) is 97.2 Å². The summed E-state index contributed by atoms with van der Waals surface area (Å²) in [5.74, 6) is -0.0959. The molecule has 4 aromatic rings. The van der Waals surface area contributed by atoms with Gasteiger partial charge in [0.15, 0.2) is 0 Å². The van der Waals surface area contributed by atoms with Crippen LogP contribution in [0.5, 0.6) is 0 Å². The molecule has 194 valence electrons. The number of carbonyl (C=O) groups excluding carboxylic acids is 2. The average Bonchev–Trinajstić information content (AvgIpc) is 3.44. The molecular weight excluding hydrogens is 494 g/mol. The molecule has 0 spiro atoms. The van der Waals surface area contributed by atoms with Gasteiger partial charge < -0.3 is 9.47 Å². The largest absolute Gasteiger partial charge is 0.333 e. The van der Waals surface area contributed by atoms with Crippen molar-refractivity contribution in [2.75, 3.05) is 18.0 Å². The number of benzene rings is 3. The van der Waals surface area contributed by atoms with Crippen LogP contribution in [-0.2, 0) is 16.0 Å². The fourth-order valence-corrected chi connectivity index (χ4v) is 5.28. The number of hydrogen-bond donors (Lipinski definition) is 0. The first-order chi connectivity index (χ1) is 18.6. The summed E-state index contributed by atoms with van der Waals surface area (Å²) in [6, 6.07) is 29.3. The minimum absolute atomic E-state index is 0.00682. The second kappa shape index (κ2) is 11.7. The molecule has 0 aliphatic carbocycles. The van der Waals surface area contributed by atoms with Gasteiger partial charge in [0.2, 0.25) is 11.8 Å². The molecule has 1 aliphatic heterocycles. The van der Waals surface area contributed by atoms with Gasteiger partial charge in [-0.05, 0) is 60.4 Å². The Labute approximate surface area is 229 Å². The van der Waals surface area contributed by atoms with Crippen molar-refractivity contribution in [2.45, 2.75) is 38.6 Å². The summed E-state index contributed by atoms with van der Waals surface area (Å²) in [5, 5.41) is 0.646. The third-order valence-electron chi connectivity index (χ3n) is 7.10. The van der Waals surface area contributed by atoms with Crippen LogP contribution in [0.1, 0.15) is 49.0 Å². The highest BCUT2D eigenvalue weighted by atomic mass is 35.5. The summed E-state index contributed by atoms with van der Waals surface area (Å²) in [6.45, 7) is 2.69. The van der Waals surface area contributed by atoms with E-state index in [1.54, 1.807) is 4.90 Å².